The summed E-state index contributed by atoms with van der Waals surface area (Å²) in [5.74, 6) is -0.782. The molecule has 3 aromatic rings. The van der Waals surface area contributed by atoms with E-state index >= 15 is 0 Å². The lowest BCUT2D eigenvalue weighted by Crippen LogP contribution is -2.38. The molecule has 180 valence electrons. The van der Waals surface area contributed by atoms with Crippen LogP contribution in [-0.2, 0) is 21.0 Å². The molecule has 1 amide bonds. The van der Waals surface area contributed by atoms with E-state index in [4.69, 9.17) is 16.3 Å². The van der Waals surface area contributed by atoms with Gasteiger partial charge in [0, 0.05) is 10.7 Å². The molecule has 11 heteroatoms. The molecule has 0 fully saturated rings. The molecule has 3 aromatic carbocycles. The number of nitrogens with zero attached hydrogens (tertiary/aromatic N) is 1. The molecule has 0 heterocycles. The average molecular weight is 513 g/mol. The summed E-state index contributed by atoms with van der Waals surface area (Å²) in [5, 5.41) is 2.95. The van der Waals surface area contributed by atoms with Crippen molar-refractivity contribution >= 4 is 38.9 Å². The van der Waals surface area contributed by atoms with Crippen LogP contribution < -0.4 is 14.4 Å². The first-order chi connectivity index (χ1) is 15.9. The maximum atomic E-state index is 13.6. The highest BCUT2D eigenvalue weighted by Crippen LogP contribution is 2.35. The van der Waals surface area contributed by atoms with Crippen LogP contribution >= 0.6 is 11.6 Å². The van der Waals surface area contributed by atoms with E-state index in [1.807, 2.05) is 0 Å². The normalized spacial score (nSPS) is 11.7. The second kappa shape index (κ2) is 9.94. The Morgan fingerprint density at radius 1 is 1.06 bits per heavy atom. The lowest BCUT2D eigenvalue weighted by Gasteiger charge is -2.26. The first-order valence-electron chi connectivity index (χ1n) is 9.82. The summed E-state index contributed by atoms with van der Waals surface area (Å²) in [5.41, 5.74) is -0.470. The molecule has 0 spiro atoms. The molecule has 6 nitrogen and oxygen atoms in total. The Kier molecular flexibility index (Phi) is 7.42. The van der Waals surface area contributed by atoms with Crippen LogP contribution in [0.3, 0.4) is 0 Å². The number of ether oxygens (including phenoxy) is 1. The summed E-state index contributed by atoms with van der Waals surface area (Å²) >= 11 is 5.83. The van der Waals surface area contributed by atoms with Gasteiger partial charge in [0.1, 0.15) is 17.2 Å². The Bertz CT molecular complexity index is 1300. The van der Waals surface area contributed by atoms with Gasteiger partial charge in [-0.1, -0.05) is 23.7 Å². The molecule has 0 aliphatic carbocycles. The van der Waals surface area contributed by atoms with Gasteiger partial charge in [-0.3, -0.25) is 9.10 Å². The third-order valence-electron chi connectivity index (χ3n) is 4.76. The number of halogens is 4. The molecule has 3 rings (SSSR count). The van der Waals surface area contributed by atoms with Crippen molar-refractivity contribution in [3.8, 4) is 5.75 Å². The van der Waals surface area contributed by atoms with E-state index in [0.717, 1.165) is 12.1 Å². The molecule has 0 bridgehead atoms. The number of carbonyl (C=O) groups excluding carboxylic acids is 1. The second-order valence-electron chi connectivity index (χ2n) is 7.27. The van der Waals surface area contributed by atoms with Gasteiger partial charge in [-0.15, -0.1) is 0 Å². The molecule has 0 aliphatic rings. The van der Waals surface area contributed by atoms with Gasteiger partial charge >= 0.3 is 6.18 Å². The van der Waals surface area contributed by atoms with E-state index in [9.17, 15) is 26.4 Å². The minimum atomic E-state index is -4.71. The first-order valence-corrected chi connectivity index (χ1v) is 11.6. The lowest BCUT2D eigenvalue weighted by molar-refractivity contribution is -0.137. The Morgan fingerprint density at radius 2 is 1.74 bits per heavy atom. The van der Waals surface area contributed by atoms with Crippen molar-refractivity contribution in [1.29, 1.82) is 0 Å². The van der Waals surface area contributed by atoms with Crippen LogP contribution in [0.4, 0.5) is 24.5 Å². The van der Waals surface area contributed by atoms with Crippen molar-refractivity contribution in [2.45, 2.75) is 18.0 Å². The number of anilines is 2. The van der Waals surface area contributed by atoms with Gasteiger partial charge in [0.25, 0.3) is 10.0 Å². The molecule has 0 saturated heterocycles. The molecule has 0 aliphatic heterocycles. The zero-order valence-electron chi connectivity index (χ0n) is 18.1. The minimum Gasteiger partial charge on any atom is -0.495 e. The summed E-state index contributed by atoms with van der Waals surface area (Å²) < 4.78 is 73.0. The highest BCUT2D eigenvalue weighted by Gasteiger charge is 2.34. The summed E-state index contributed by atoms with van der Waals surface area (Å²) in [6.07, 6.45) is -4.71. The number of rotatable bonds is 7. The third-order valence-corrected chi connectivity index (χ3v) is 6.81. The largest absolute Gasteiger partial charge is 0.495 e. The summed E-state index contributed by atoms with van der Waals surface area (Å²) in [4.78, 5) is 12.5. The maximum absolute atomic E-state index is 13.6. The van der Waals surface area contributed by atoms with Gasteiger partial charge in [-0.05, 0) is 67.1 Å². The van der Waals surface area contributed by atoms with Gasteiger partial charge in [-0.25, -0.2) is 8.42 Å². The minimum absolute atomic E-state index is 0.0133. The third kappa shape index (κ3) is 5.81. The van der Waals surface area contributed by atoms with Crippen LogP contribution in [0.2, 0.25) is 5.02 Å². The van der Waals surface area contributed by atoms with E-state index in [2.05, 4.69) is 5.32 Å². The van der Waals surface area contributed by atoms with E-state index < -0.39 is 34.2 Å². The molecule has 34 heavy (non-hydrogen) atoms. The van der Waals surface area contributed by atoms with E-state index in [1.165, 1.54) is 49.6 Å². The highest BCUT2D eigenvalue weighted by molar-refractivity contribution is 7.93. The van der Waals surface area contributed by atoms with Gasteiger partial charge in [-0.2, -0.15) is 13.2 Å². The summed E-state index contributed by atoms with van der Waals surface area (Å²) in [6.45, 7) is 0.865. The fourth-order valence-electron chi connectivity index (χ4n) is 3.12. The van der Waals surface area contributed by atoms with Crippen molar-refractivity contribution in [2.24, 2.45) is 0 Å². The monoisotopic (exact) mass is 512 g/mol. The van der Waals surface area contributed by atoms with Crippen LogP contribution in [0.1, 0.15) is 11.1 Å². The standard InChI is InChI=1S/C23H20ClF3N2O4S/c1-15-6-11-20(33-2)21(12-15)34(31,32)29(19-5-3-4-16(13-19)23(25,26)27)14-22(30)28-18-9-7-17(24)8-10-18/h3-13H,14H2,1-2H3,(H,28,30). The fraction of sp³-hybridized carbons (Fsp3) is 0.174. The van der Waals surface area contributed by atoms with E-state index in [-0.39, 0.29) is 16.3 Å². The highest BCUT2D eigenvalue weighted by atomic mass is 35.5. The molecule has 0 aromatic heterocycles. The quantitative estimate of drug-likeness (QED) is 0.453. The lowest BCUT2D eigenvalue weighted by atomic mass is 10.2. The van der Waals surface area contributed by atoms with Gasteiger partial charge < -0.3 is 10.1 Å². The maximum Gasteiger partial charge on any atom is 0.416 e. The number of aryl methyl sites for hydroxylation is 1. The molecule has 1 N–H and O–H groups in total. The van der Waals surface area contributed by atoms with Crippen molar-refractivity contribution < 1.29 is 31.1 Å². The molecule has 0 atom stereocenters. The summed E-state index contributed by atoms with van der Waals surface area (Å²) in [6, 6.07) is 14.2. The second-order valence-corrected chi connectivity index (χ2v) is 9.54. The molecular formula is C23H20ClF3N2O4S. The SMILES string of the molecule is COc1ccc(C)cc1S(=O)(=O)N(CC(=O)Nc1ccc(Cl)cc1)c1cccc(C(F)(F)F)c1. The number of methoxy groups -OCH3 is 1. The Hall–Kier alpha value is -3.24. The van der Waals surface area contributed by atoms with Gasteiger partial charge in [0.2, 0.25) is 5.91 Å². The van der Waals surface area contributed by atoms with Crippen molar-refractivity contribution in [2.75, 3.05) is 23.3 Å². The fourth-order valence-corrected chi connectivity index (χ4v) is 4.90. The first kappa shape index (κ1) is 25.4. The van der Waals surface area contributed by atoms with Gasteiger partial charge in [0.15, 0.2) is 0 Å². The van der Waals surface area contributed by atoms with E-state index in [1.54, 1.807) is 13.0 Å². The predicted octanol–water partition coefficient (Wildman–Crippen LogP) is 5.51. The molecule has 0 saturated carbocycles. The van der Waals surface area contributed by atoms with Crippen molar-refractivity contribution in [1.82, 2.24) is 0 Å². The smallest absolute Gasteiger partial charge is 0.416 e. The Labute approximate surface area is 200 Å². The number of nitrogens with one attached hydrogen (secondary N) is 1. The number of alkyl halides is 3. The zero-order chi connectivity index (χ0) is 25.1. The van der Waals surface area contributed by atoms with Crippen molar-refractivity contribution in [3.05, 3.63) is 82.9 Å². The van der Waals surface area contributed by atoms with Crippen LogP contribution in [0.15, 0.2) is 71.6 Å². The molecular weight excluding hydrogens is 493 g/mol. The average Bonchev–Trinajstić information content (AvgIpc) is 2.78. The number of sulfonamides is 1. The Balaban J connectivity index is 2.08. The van der Waals surface area contributed by atoms with Crippen LogP contribution in [0, 0.1) is 6.92 Å². The molecule has 0 unspecified atom stereocenters. The van der Waals surface area contributed by atoms with Crippen LogP contribution in [0.25, 0.3) is 0 Å². The number of carbonyl (C=O) groups is 1. The van der Waals surface area contributed by atoms with E-state index in [0.29, 0.717) is 26.6 Å². The number of benzene rings is 3. The van der Waals surface area contributed by atoms with Gasteiger partial charge in [0.05, 0.1) is 18.4 Å². The zero-order valence-corrected chi connectivity index (χ0v) is 19.6. The van der Waals surface area contributed by atoms with Crippen LogP contribution in [-0.4, -0.2) is 28.0 Å². The predicted molar refractivity (Wildman–Crippen MR) is 124 cm³/mol. The topological polar surface area (TPSA) is 75.7 Å². The van der Waals surface area contributed by atoms with Crippen molar-refractivity contribution in [3.63, 3.8) is 0 Å². The van der Waals surface area contributed by atoms with Crippen LogP contribution in [0.5, 0.6) is 5.75 Å². The number of hydrogen-bond acceptors (Lipinski definition) is 4. The summed E-state index contributed by atoms with van der Waals surface area (Å²) in [7, 11) is -3.25. The number of hydrogen-bond donors (Lipinski definition) is 1. The number of amides is 1. The Morgan fingerprint density at radius 3 is 2.35 bits per heavy atom. The molecule has 0 radical (unpaired) electrons.